The molecule has 5 nitrogen and oxygen atoms in total. The predicted octanol–water partition coefficient (Wildman–Crippen LogP) is 4.62. The lowest BCUT2D eigenvalue weighted by molar-refractivity contribution is 0.0997. The van der Waals surface area contributed by atoms with Gasteiger partial charge in [-0.25, -0.2) is 4.98 Å². The number of nitrogens with zero attached hydrogens (tertiary/aromatic N) is 1. The van der Waals surface area contributed by atoms with Crippen LogP contribution in [0.2, 0.25) is 5.02 Å². The van der Waals surface area contributed by atoms with Gasteiger partial charge in [0.05, 0.1) is 15.6 Å². The number of carbonyl (C=O) groups excluding carboxylic acids is 1. The Bertz CT molecular complexity index is 1200. The summed E-state index contributed by atoms with van der Waals surface area (Å²) in [5, 5.41) is 3.89. The summed E-state index contributed by atoms with van der Waals surface area (Å²) in [5.41, 5.74) is 1.91. The maximum absolute atomic E-state index is 12.4. The largest absolute Gasteiger partial charge is 0.451 e. The standard InChI is InChI=1S/C18H11ClN2O3S/c1-9-2-4-12-16(6-9)25-18(20-12)21-17(23)15-8-13(22)11-7-10(19)3-5-14(11)24-15/h2-8H,1H3,(H,20,21,23). The van der Waals surface area contributed by atoms with Gasteiger partial charge in [-0.1, -0.05) is 29.0 Å². The molecule has 0 aliphatic rings. The fourth-order valence-corrected chi connectivity index (χ4v) is 3.62. The third-order valence-electron chi connectivity index (χ3n) is 3.68. The van der Waals surface area contributed by atoms with E-state index >= 15 is 0 Å². The molecule has 25 heavy (non-hydrogen) atoms. The van der Waals surface area contributed by atoms with E-state index in [0.29, 0.717) is 21.1 Å². The molecule has 0 saturated carbocycles. The molecule has 4 rings (SSSR count). The number of halogens is 1. The number of hydrogen-bond donors (Lipinski definition) is 1. The van der Waals surface area contributed by atoms with E-state index in [0.717, 1.165) is 21.8 Å². The van der Waals surface area contributed by atoms with Crippen molar-refractivity contribution >= 4 is 55.2 Å². The number of amides is 1. The Morgan fingerprint density at radius 3 is 2.88 bits per heavy atom. The van der Waals surface area contributed by atoms with Crippen molar-refractivity contribution in [1.29, 1.82) is 0 Å². The fourth-order valence-electron chi connectivity index (χ4n) is 2.48. The van der Waals surface area contributed by atoms with Crippen LogP contribution in [0.1, 0.15) is 16.1 Å². The van der Waals surface area contributed by atoms with Crippen LogP contribution in [-0.2, 0) is 0 Å². The number of thiazole rings is 1. The van der Waals surface area contributed by atoms with Crippen molar-refractivity contribution in [3.63, 3.8) is 0 Å². The number of nitrogens with one attached hydrogen (secondary N) is 1. The van der Waals surface area contributed by atoms with Gasteiger partial charge < -0.3 is 4.42 Å². The van der Waals surface area contributed by atoms with E-state index in [4.69, 9.17) is 16.0 Å². The van der Waals surface area contributed by atoms with Gasteiger partial charge in [-0.2, -0.15) is 0 Å². The van der Waals surface area contributed by atoms with Crippen LogP contribution in [0.3, 0.4) is 0 Å². The van der Waals surface area contributed by atoms with Crippen LogP contribution < -0.4 is 10.7 Å². The van der Waals surface area contributed by atoms with E-state index in [1.54, 1.807) is 12.1 Å². The van der Waals surface area contributed by atoms with E-state index in [-0.39, 0.29) is 11.2 Å². The minimum absolute atomic E-state index is 0.0738. The number of anilines is 1. The third kappa shape index (κ3) is 3.01. The molecule has 0 bridgehead atoms. The van der Waals surface area contributed by atoms with Crippen molar-refractivity contribution in [3.05, 3.63) is 69.0 Å². The molecular weight excluding hydrogens is 360 g/mol. The quantitative estimate of drug-likeness (QED) is 0.559. The summed E-state index contributed by atoms with van der Waals surface area (Å²) in [6, 6.07) is 11.7. The van der Waals surface area contributed by atoms with Crippen molar-refractivity contribution in [1.82, 2.24) is 4.98 Å². The maximum atomic E-state index is 12.4. The Morgan fingerprint density at radius 2 is 2.04 bits per heavy atom. The van der Waals surface area contributed by atoms with Gasteiger partial charge in [0.1, 0.15) is 5.58 Å². The van der Waals surface area contributed by atoms with Crippen LogP contribution in [0.25, 0.3) is 21.2 Å². The van der Waals surface area contributed by atoms with E-state index in [1.165, 1.54) is 17.4 Å². The molecule has 0 aliphatic carbocycles. The van der Waals surface area contributed by atoms with E-state index in [1.807, 2.05) is 25.1 Å². The van der Waals surface area contributed by atoms with Crippen molar-refractivity contribution in [2.24, 2.45) is 0 Å². The summed E-state index contributed by atoms with van der Waals surface area (Å²) >= 11 is 7.25. The SMILES string of the molecule is Cc1ccc2nc(NC(=O)c3cc(=O)c4cc(Cl)ccc4o3)sc2c1. The van der Waals surface area contributed by atoms with Gasteiger partial charge in [0.2, 0.25) is 0 Å². The molecule has 2 heterocycles. The van der Waals surface area contributed by atoms with Gasteiger partial charge in [-0.3, -0.25) is 14.9 Å². The molecular formula is C18H11ClN2O3S. The average molecular weight is 371 g/mol. The lowest BCUT2D eigenvalue weighted by atomic mass is 10.2. The number of rotatable bonds is 2. The normalized spacial score (nSPS) is 11.1. The summed E-state index contributed by atoms with van der Waals surface area (Å²) < 4.78 is 6.51. The maximum Gasteiger partial charge on any atom is 0.293 e. The smallest absolute Gasteiger partial charge is 0.293 e. The van der Waals surface area contributed by atoms with Crippen LogP contribution in [0, 0.1) is 6.92 Å². The van der Waals surface area contributed by atoms with E-state index < -0.39 is 5.91 Å². The van der Waals surface area contributed by atoms with Crippen LogP contribution in [0.4, 0.5) is 5.13 Å². The minimum atomic E-state index is -0.523. The average Bonchev–Trinajstić information content (AvgIpc) is 2.96. The van der Waals surface area contributed by atoms with Gasteiger partial charge in [0.15, 0.2) is 16.3 Å². The second kappa shape index (κ2) is 5.98. The summed E-state index contributed by atoms with van der Waals surface area (Å²) in [6.07, 6.45) is 0. The lowest BCUT2D eigenvalue weighted by Gasteiger charge is -2.03. The molecule has 0 spiro atoms. The molecule has 0 fully saturated rings. The molecule has 1 N–H and O–H groups in total. The highest BCUT2D eigenvalue weighted by atomic mass is 35.5. The number of aryl methyl sites for hydroxylation is 1. The molecule has 2 aromatic heterocycles. The zero-order chi connectivity index (χ0) is 17.6. The number of fused-ring (bicyclic) bond motifs is 2. The van der Waals surface area contributed by atoms with Crippen molar-refractivity contribution < 1.29 is 9.21 Å². The summed E-state index contributed by atoms with van der Waals surface area (Å²) in [4.78, 5) is 29.0. The first kappa shape index (κ1) is 15.8. The van der Waals surface area contributed by atoms with Crippen LogP contribution >= 0.6 is 22.9 Å². The third-order valence-corrected chi connectivity index (χ3v) is 4.85. The van der Waals surface area contributed by atoms with Crippen molar-refractivity contribution in [3.8, 4) is 0 Å². The highest BCUT2D eigenvalue weighted by Crippen LogP contribution is 2.27. The summed E-state index contributed by atoms with van der Waals surface area (Å²) in [7, 11) is 0. The highest BCUT2D eigenvalue weighted by molar-refractivity contribution is 7.22. The molecule has 0 saturated heterocycles. The monoisotopic (exact) mass is 370 g/mol. The summed E-state index contributed by atoms with van der Waals surface area (Å²) in [6.45, 7) is 1.99. The Balaban J connectivity index is 1.69. The molecule has 4 aromatic rings. The Morgan fingerprint density at radius 1 is 1.20 bits per heavy atom. The fraction of sp³-hybridized carbons (Fsp3) is 0.0556. The predicted molar refractivity (Wildman–Crippen MR) is 99.8 cm³/mol. The molecule has 7 heteroatoms. The molecule has 0 aliphatic heterocycles. The second-order valence-corrected chi connectivity index (χ2v) is 7.03. The number of aromatic nitrogens is 1. The van der Waals surface area contributed by atoms with Crippen LogP contribution in [0.5, 0.6) is 0 Å². The molecule has 2 aromatic carbocycles. The first-order chi connectivity index (χ1) is 12.0. The molecule has 0 unspecified atom stereocenters. The minimum Gasteiger partial charge on any atom is -0.451 e. The van der Waals surface area contributed by atoms with Gasteiger partial charge in [0.25, 0.3) is 5.91 Å². The zero-order valence-electron chi connectivity index (χ0n) is 13.0. The van der Waals surface area contributed by atoms with Crippen LogP contribution in [-0.4, -0.2) is 10.9 Å². The summed E-state index contributed by atoms with van der Waals surface area (Å²) in [5.74, 6) is -0.597. The van der Waals surface area contributed by atoms with Crippen LogP contribution in [0.15, 0.2) is 51.7 Å². The lowest BCUT2D eigenvalue weighted by Crippen LogP contribution is -2.14. The molecule has 0 atom stereocenters. The van der Waals surface area contributed by atoms with Crippen molar-refractivity contribution in [2.45, 2.75) is 6.92 Å². The van der Waals surface area contributed by atoms with E-state index in [2.05, 4.69) is 10.3 Å². The van der Waals surface area contributed by atoms with Crippen molar-refractivity contribution in [2.75, 3.05) is 5.32 Å². The Hall–Kier alpha value is -2.70. The Kier molecular flexibility index (Phi) is 3.78. The first-order valence-electron chi connectivity index (χ1n) is 7.41. The van der Waals surface area contributed by atoms with Gasteiger partial charge >= 0.3 is 0 Å². The highest BCUT2D eigenvalue weighted by Gasteiger charge is 2.15. The Labute approximate surface area is 150 Å². The van der Waals surface area contributed by atoms with Gasteiger partial charge in [-0.15, -0.1) is 0 Å². The topological polar surface area (TPSA) is 72.2 Å². The number of hydrogen-bond acceptors (Lipinski definition) is 5. The zero-order valence-corrected chi connectivity index (χ0v) is 14.6. The van der Waals surface area contributed by atoms with Gasteiger partial charge in [0, 0.05) is 11.1 Å². The molecule has 0 radical (unpaired) electrons. The number of benzene rings is 2. The number of carbonyl (C=O) groups is 1. The first-order valence-corrected chi connectivity index (χ1v) is 8.61. The molecule has 124 valence electrons. The van der Waals surface area contributed by atoms with Gasteiger partial charge in [-0.05, 0) is 42.8 Å². The van der Waals surface area contributed by atoms with E-state index in [9.17, 15) is 9.59 Å². The molecule has 1 amide bonds. The second-order valence-electron chi connectivity index (χ2n) is 5.56.